The Morgan fingerprint density at radius 3 is 2.79 bits per heavy atom. The number of fused-ring (bicyclic) bond motifs is 1. The van der Waals surface area contributed by atoms with E-state index in [0.29, 0.717) is 11.3 Å². The van der Waals surface area contributed by atoms with Crippen LogP contribution >= 0.6 is 0 Å². The maximum atomic E-state index is 11.4. The molecule has 0 N–H and O–H groups in total. The van der Waals surface area contributed by atoms with Gasteiger partial charge in [-0.2, -0.15) is 0 Å². The molecule has 70 valence electrons. The van der Waals surface area contributed by atoms with Crippen LogP contribution in [0.2, 0.25) is 0 Å². The topological polar surface area (TPSA) is 72.6 Å². The minimum Gasteiger partial charge on any atom is -0.358 e. The molecule has 0 spiro atoms. The Labute approximate surface area is 79.2 Å². The van der Waals surface area contributed by atoms with Crippen molar-refractivity contribution in [3.05, 3.63) is 39.9 Å². The van der Waals surface area contributed by atoms with Gasteiger partial charge in [-0.15, -0.1) is 0 Å². The molecule has 0 aliphatic carbocycles. The van der Waals surface area contributed by atoms with Crippen LogP contribution in [0, 0.1) is 10.1 Å². The second-order valence-electron chi connectivity index (χ2n) is 2.90. The quantitative estimate of drug-likeness (QED) is 0.460. The van der Waals surface area contributed by atoms with Crippen LogP contribution in [-0.4, -0.2) is 16.5 Å². The van der Waals surface area contributed by atoms with Crippen molar-refractivity contribution >= 4 is 17.3 Å². The van der Waals surface area contributed by atoms with E-state index < -0.39 is 4.92 Å². The fourth-order valence-electron chi connectivity index (χ4n) is 1.33. The Morgan fingerprint density at radius 2 is 2.07 bits per heavy atom. The maximum absolute atomic E-state index is 11.4. The highest BCUT2D eigenvalue weighted by molar-refractivity contribution is 6.13. The molecule has 1 aliphatic heterocycles. The van der Waals surface area contributed by atoms with Gasteiger partial charge in [0.15, 0.2) is 11.5 Å². The lowest BCUT2D eigenvalue weighted by molar-refractivity contribution is -0.352. The van der Waals surface area contributed by atoms with Crippen LogP contribution < -0.4 is 0 Å². The number of ketones is 1. The van der Waals surface area contributed by atoms with Crippen molar-refractivity contribution in [3.8, 4) is 0 Å². The van der Waals surface area contributed by atoms with E-state index in [2.05, 4.69) is 4.99 Å². The number of para-hydroxylation sites is 1. The monoisotopic (exact) mass is 190 g/mol. The molecular weight excluding hydrogens is 184 g/mol. The maximum Gasteiger partial charge on any atom is 0.347 e. The van der Waals surface area contributed by atoms with Gasteiger partial charge in [0.1, 0.15) is 6.42 Å². The van der Waals surface area contributed by atoms with E-state index in [-0.39, 0.29) is 18.0 Å². The predicted octanol–water partition coefficient (Wildman–Crippen LogP) is 1.58. The fraction of sp³-hybridized carbons (Fsp3) is 0.111. The summed E-state index contributed by atoms with van der Waals surface area (Å²) in [5, 5.41) is 10.4. The number of hydrogen-bond donors (Lipinski definition) is 0. The zero-order chi connectivity index (χ0) is 10.1. The number of carbonyl (C=O) groups is 1. The molecule has 0 saturated carbocycles. The minimum absolute atomic E-state index is 0.218. The van der Waals surface area contributed by atoms with E-state index in [1.807, 2.05) is 0 Å². The highest BCUT2D eigenvalue weighted by atomic mass is 16.6. The second kappa shape index (κ2) is 3.02. The molecule has 0 saturated heterocycles. The first-order valence-electron chi connectivity index (χ1n) is 4.02. The van der Waals surface area contributed by atoms with E-state index in [4.69, 9.17) is 0 Å². The van der Waals surface area contributed by atoms with Crippen LogP contribution in [0.3, 0.4) is 0 Å². The van der Waals surface area contributed by atoms with Crippen LogP contribution in [0.5, 0.6) is 0 Å². The lowest BCUT2D eigenvalue weighted by Crippen LogP contribution is -2.20. The molecule has 0 aromatic heterocycles. The van der Waals surface area contributed by atoms with Crippen LogP contribution in [0.15, 0.2) is 29.3 Å². The summed E-state index contributed by atoms with van der Waals surface area (Å²) in [4.78, 5) is 25.0. The largest absolute Gasteiger partial charge is 0.358 e. The number of rotatable bonds is 0. The number of nitro groups is 1. The summed E-state index contributed by atoms with van der Waals surface area (Å²) in [7, 11) is 0. The van der Waals surface area contributed by atoms with Crippen molar-refractivity contribution in [3.63, 3.8) is 0 Å². The number of benzene rings is 1. The number of aliphatic imine (C=N–C) groups is 1. The number of Topliss-reactive ketones (excluding diaryl/α,β-unsaturated/α-hetero) is 1. The van der Waals surface area contributed by atoms with E-state index in [1.165, 1.54) is 0 Å². The molecule has 5 nitrogen and oxygen atoms in total. The predicted molar refractivity (Wildman–Crippen MR) is 49.5 cm³/mol. The van der Waals surface area contributed by atoms with Crippen molar-refractivity contribution in [2.45, 2.75) is 6.42 Å². The van der Waals surface area contributed by atoms with Crippen molar-refractivity contribution in [2.75, 3.05) is 0 Å². The first kappa shape index (κ1) is 8.55. The van der Waals surface area contributed by atoms with Crippen LogP contribution in [0.25, 0.3) is 0 Å². The third-order valence-corrected chi connectivity index (χ3v) is 1.98. The Bertz CT molecular complexity index is 451. The van der Waals surface area contributed by atoms with Gasteiger partial charge in [0.2, 0.25) is 0 Å². The Kier molecular flexibility index (Phi) is 1.85. The lowest BCUT2D eigenvalue weighted by atomic mass is 10.0. The second-order valence-corrected chi connectivity index (χ2v) is 2.90. The van der Waals surface area contributed by atoms with E-state index in [9.17, 15) is 14.9 Å². The minimum atomic E-state index is -0.617. The van der Waals surface area contributed by atoms with Crippen LogP contribution in [0.1, 0.15) is 16.8 Å². The third kappa shape index (κ3) is 1.28. The average Bonchev–Trinajstić information content (AvgIpc) is 2.17. The van der Waals surface area contributed by atoms with Crippen LogP contribution in [0.4, 0.5) is 5.69 Å². The molecule has 2 rings (SSSR count). The third-order valence-electron chi connectivity index (χ3n) is 1.98. The molecular formula is C9H6N2O3. The van der Waals surface area contributed by atoms with Gasteiger partial charge in [0, 0.05) is 0 Å². The highest BCUT2D eigenvalue weighted by Gasteiger charge is 2.28. The normalized spacial score (nSPS) is 14.6. The average molecular weight is 190 g/mol. The molecule has 0 fully saturated rings. The van der Waals surface area contributed by atoms with Crippen molar-refractivity contribution in [1.29, 1.82) is 0 Å². The standard InChI is InChI=1S/C9H6N2O3/c12-8-5-9(11(13)14)10-7-4-2-1-3-6(7)8/h1-4H,5H2. The molecule has 1 aromatic rings. The van der Waals surface area contributed by atoms with Gasteiger partial charge < -0.3 is 10.1 Å². The lowest BCUT2D eigenvalue weighted by Gasteiger charge is -2.05. The van der Waals surface area contributed by atoms with Gasteiger partial charge in [-0.1, -0.05) is 12.1 Å². The van der Waals surface area contributed by atoms with Crippen molar-refractivity contribution < 1.29 is 9.72 Å². The van der Waals surface area contributed by atoms with Gasteiger partial charge in [-0.25, -0.2) is 0 Å². The summed E-state index contributed by atoms with van der Waals surface area (Å²) < 4.78 is 0. The van der Waals surface area contributed by atoms with E-state index in [1.54, 1.807) is 24.3 Å². The van der Waals surface area contributed by atoms with Crippen molar-refractivity contribution in [2.24, 2.45) is 4.99 Å². The smallest absolute Gasteiger partial charge is 0.347 e. The number of nitrogens with zero attached hydrogens (tertiary/aromatic N) is 2. The number of amidine groups is 1. The molecule has 5 heteroatoms. The van der Waals surface area contributed by atoms with Crippen LogP contribution in [-0.2, 0) is 0 Å². The molecule has 0 atom stereocenters. The summed E-state index contributed by atoms with van der Waals surface area (Å²) in [5.41, 5.74) is 0.841. The first-order chi connectivity index (χ1) is 6.68. The summed E-state index contributed by atoms with van der Waals surface area (Å²) in [6, 6.07) is 6.62. The molecule has 0 unspecified atom stereocenters. The molecule has 0 bridgehead atoms. The number of carbonyl (C=O) groups excluding carboxylic acids is 1. The van der Waals surface area contributed by atoms with Gasteiger partial charge in [0.25, 0.3) is 0 Å². The highest BCUT2D eigenvalue weighted by Crippen LogP contribution is 2.25. The van der Waals surface area contributed by atoms with E-state index in [0.717, 1.165) is 0 Å². The van der Waals surface area contributed by atoms with Gasteiger partial charge in [-0.3, -0.25) is 4.79 Å². The van der Waals surface area contributed by atoms with Gasteiger partial charge >= 0.3 is 5.84 Å². The summed E-state index contributed by atoms with van der Waals surface area (Å²) >= 11 is 0. The zero-order valence-electron chi connectivity index (χ0n) is 7.14. The SMILES string of the molecule is O=C1CC([N+](=O)[O-])=Nc2ccccc21. The van der Waals surface area contributed by atoms with Gasteiger partial charge in [0.05, 0.1) is 5.56 Å². The molecule has 1 heterocycles. The summed E-state index contributed by atoms with van der Waals surface area (Å²) in [6.45, 7) is 0. The molecule has 0 radical (unpaired) electrons. The summed E-state index contributed by atoms with van der Waals surface area (Å²) in [6.07, 6.45) is -0.218. The Balaban J connectivity index is 2.56. The van der Waals surface area contributed by atoms with E-state index >= 15 is 0 Å². The summed E-state index contributed by atoms with van der Waals surface area (Å²) in [5.74, 6) is -0.531. The van der Waals surface area contributed by atoms with Crippen molar-refractivity contribution in [1.82, 2.24) is 0 Å². The fourth-order valence-corrected chi connectivity index (χ4v) is 1.33. The molecule has 14 heavy (non-hydrogen) atoms. The van der Waals surface area contributed by atoms with Gasteiger partial charge in [-0.05, 0) is 22.0 Å². The molecule has 0 amide bonds. The number of hydrogen-bond acceptors (Lipinski definition) is 4. The molecule has 1 aromatic carbocycles. The first-order valence-corrected chi connectivity index (χ1v) is 4.02. The Morgan fingerprint density at radius 1 is 1.36 bits per heavy atom. The Hall–Kier alpha value is -2.04. The molecule has 1 aliphatic rings. The zero-order valence-corrected chi connectivity index (χ0v) is 7.14.